The number of nitrogens with zero attached hydrogens (tertiary/aromatic N) is 2. The Kier molecular flexibility index (Phi) is 3.13. The smallest absolute Gasteiger partial charge is 0.124 e. The van der Waals surface area contributed by atoms with Gasteiger partial charge in [0.25, 0.3) is 0 Å². The molecule has 16 heavy (non-hydrogen) atoms. The SMILES string of the molecule is COc1ccccc1C(NN)c1cn[nH]n1. The van der Waals surface area contributed by atoms with Crippen LogP contribution in [0.4, 0.5) is 0 Å². The highest BCUT2D eigenvalue weighted by molar-refractivity contribution is 5.39. The van der Waals surface area contributed by atoms with Crippen LogP contribution in [0.1, 0.15) is 17.3 Å². The van der Waals surface area contributed by atoms with E-state index in [9.17, 15) is 0 Å². The van der Waals surface area contributed by atoms with Gasteiger partial charge in [-0.1, -0.05) is 18.2 Å². The van der Waals surface area contributed by atoms with Gasteiger partial charge in [-0.15, -0.1) is 0 Å². The summed E-state index contributed by atoms with van der Waals surface area (Å²) >= 11 is 0. The van der Waals surface area contributed by atoms with E-state index in [1.807, 2.05) is 24.3 Å². The summed E-state index contributed by atoms with van der Waals surface area (Å²) in [5.41, 5.74) is 4.33. The van der Waals surface area contributed by atoms with Gasteiger partial charge in [0.1, 0.15) is 11.4 Å². The minimum Gasteiger partial charge on any atom is -0.496 e. The molecule has 0 spiro atoms. The third-order valence-corrected chi connectivity index (χ3v) is 2.35. The van der Waals surface area contributed by atoms with Gasteiger partial charge in [0, 0.05) is 5.56 Å². The van der Waals surface area contributed by atoms with Gasteiger partial charge in [0.05, 0.1) is 19.3 Å². The molecule has 4 N–H and O–H groups in total. The van der Waals surface area contributed by atoms with E-state index in [0.29, 0.717) is 5.69 Å². The van der Waals surface area contributed by atoms with Crippen molar-refractivity contribution >= 4 is 0 Å². The predicted octanol–water partition coefficient (Wildman–Crippen LogP) is 0.366. The molecule has 1 heterocycles. The molecular weight excluding hydrogens is 206 g/mol. The first-order valence-corrected chi connectivity index (χ1v) is 4.81. The molecule has 0 saturated heterocycles. The van der Waals surface area contributed by atoms with Gasteiger partial charge in [-0.05, 0) is 6.07 Å². The number of nitrogens with two attached hydrogens (primary N) is 1. The Morgan fingerprint density at radius 2 is 2.25 bits per heavy atom. The fourth-order valence-electron chi connectivity index (χ4n) is 1.59. The summed E-state index contributed by atoms with van der Waals surface area (Å²) in [5.74, 6) is 6.29. The number of rotatable bonds is 4. The second-order valence-electron chi connectivity index (χ2n) is 3.24. The topological polar surface area (TPSA) is 88.9 Å². The molecule has 0 aliphatic rings. The Labute approximate surface area is 92.8 Å². The lowest BCUT2D eigenvalue weighted by Crippen LogP contribution is -2.29. The van der Waals surface area contributed by atoms with Crippen LogP contribution in [0.2, 0.25) is 0 Å². The first-order chi connectivity index (χ1) is 7.86. The van der Waals surface area contributed by atoms with Gasteiger partial charge in [-0.2, -0.15) is 15.4 Å². The summed E-state index contributed by atoms with van der Waals surface area (Å²) < 4.78 is 5.27. The quantitative estimate of drug-likeness (QED) is 0.510. The monoisotopic (exact) mass is 219 g/mol. The first-order valence-electron chi connectivity index (χ1n) is 4.81. The number of nitrogens with one attached hydrogen (secondary N) is 2. The maximum absolute atomic E-state index is 5.53. The molecule has 2 aromatic rings. The molecule has 6 heteroatoms. The van der Waals surface area contributed by atoms with Crippen LogP contribution in [0.5, 0.6) is 5.75 Å². The van der Waals surface area contributed by atoms with E-state index in [1.54, 1.807) is 13.3 Å². The summed E-state index contributed by atoms with van der Waals surface area (Å²) in [6.07, 6.45) is 1.62. The molecule has 2 rings (SSSR count). The van der Waals surface area contributed by atoms with Crippen molar-refractivity contribution in [2.75, 3.05) is 7.11 Å². The minimum atomic E-state index is -0.241. The molecule has 0 aliphatic carbocycles. The van der Waals surface area contributed by atoms with Crippen molar-refractivity contribution in [3.63, 3.8) is 0 Å². The number of aromatic amines is 1. The van der Waals surface area contributed by atoms with Crippen LogP contribution >= 0.6 is 0 Å². The van der Waals surface area contributed by atoms with Crippen LogP contribution in [0.3, 0.4) is 0 Å². The maximum Gasteiger partial charge on any atom is 0.124 e. The average molecular weight is 219 g/mol. The average Bonchev–Trinajstić information content (AvgIpc) is 2.84. The van der Waals surface area contributed by atoms with Gasteiger partial charge < -0.3 is 4.74 Å². The second kappa shape index (κ2) is 4.73. The number of hydrogen-bond acceptors (Lipinski definition) is 5. The van der Waals surface area contributed by atoms with Crippen molar-refractivity contribution in [2.45, 2.75) is 6.04 Å². The molecule has 0 aliphatic heterocycles. The number of methoxy groups -OCH3 is 1. The van der Waals surface area contributed by atoms with Crippen LogP contribution in [0.25, 0.3) is 0 Å². The van der Waals surface area contributed by atoms with Gasteiger partial charge in [-0.3, -0.25) is 5.84 Å². The molecule has 0 saturated carbocycles. The molecule has 0 fully saturated rings. The van der Waals surface area contributed by atoms with Gasteiger partial charge in [-0.25, -0.2) is 5.43 Å². The summed E-state index contributed by atoms with van der Waals surface area (Å²) in [7, 11) is 1.62. The van der Waals surface area contributed by atoms with Crippen LogP contribution < -0.4 is 16.0 Å². The summed E-state index contributed by atoms with van der Waals surface area (Å²) in [4.78, 5) is 0. The number of hydrogen-bond donors (Lipinski definition) is 3. The summed E-state index contributed by atoms with van der Waals surface area (Å²) in [6.45, 7) is 0. The number of aromatic nitrogens is 3. The molecule has 0 bridgehead atoms. The van der Waals surface area contributed by atoms with Crippen molar-refractivity contribution in [1.82, 2.24) is 20.8 Å². The highest BCUT2D eigenvalue weighted by Gasteiger charge is 2.18. The van der Waals surface area contributed by atoms with Gasteiger partial charge in [0.2, 0.25) is 0 Å². The summed E-state index contributed by atoms with van der Waals surface area (Å²) in [6, 6.07) is 7.38. The van der Waals surface area contributed by atoms with Crippen molar-refractivity contribution in [3.05, 3.63) is 41.7 Å². The zero-order valence-electron chi connectivity index (χ0n) is 8.84. The molecule has 1 aromatic heterocycles. The molecule has 0 amide bonds. The Balaban J connectivity index is 2.41. The van der Waals surface area contributed by atoms with E-state index >= 15 is 0 Å². The lowest BCUT2D eigenvalue weighted by Gasteiger charge is -2.16. The molecule has 0 radical (unpaired) electrons. The normalized spacial score (nSPS) is 12.4. The molecule has 1 unspecified atom stereocenters. The molecular formula is C10H13N5O. The summed E-state index contributed by atoms with van der Waals surface area (Å²) in [5, 5.41) is 10.3. The minimum absolute atomic E-state index is 0.241. The van der Waals surface area contributed by atoms with Crippen LogP contribution in [0.15, 0.2) is 30.5 Å². The van der Waals surface area contributed by atoms with Crippen LogP contribution in [-0.2, 0) is 0 Å². The maximum atomic E-state index is 5.53. The van der Waals surface area contributed by atoms with E-state index in [-0.39, 0.29) is 6.04 Å². The Morgan fingerprint density at radius 3 is 2.88 bits per heavy atom. The van der Waals surface area contributed by atoms with E-state index < -0.39 is 0 Å². The van der Waals surface area contributed by atoms with Crippen LogP contribution in [-0.4, -0.2) is 22.5 Å². The third kappa shape index (κ3) is 1.88. The van der Waals surface area contributed by atoms with Crippen LogP contribution in [0, 0.1) is 0 Å². The fraction of sp³-hybridized carbons (Fsp3) is 0.200. The lowest BCUT2D eigenvalue weighted by atomic mass is 10.0. The van der Waals surface area contributed by atoms with Gasteiger partial charge >= 0.3 is 0 Å². The third-order valence-electron chi connectivity index (χ3n) is 2.35. The fourth-order valence-corrected chi connectivity index (χ4v) is 1.59. The van der Waals surface area contributed by atoms with E-state index in [2.05, 4.69) is 20.8 Å². The number of benzene rings is 1. The number of hydrazine groups is 1. The highest BCUT2D eigenvalue weighted by Crippen LogP contribution is 2.27. The number of para-hydroxylation sites is 1. The second-order valence-corrected chi connectivity index (χ2v) is 3.24. The Morgan fingerprint density at radius 1 is 1.44 bits per heavy atom. The molecule has 1 aromatic carbocycles. The van der Waals surface area contributed by atoms with Crippen molar-refractivity contribution in [2.24, 2.45) is 5.84 Å². The molecule has 1 atom stereocenters. The zero-order chi connectivity index (χ0) is 11.4. The number of H-pyrrole nitrogens is 1. The lowest BCUT2D eigenvalue weighted by molar-refractivity contribution is 0.403. The van der Waals surface area contributed by atoms with Crippen molar-refractivity contribution in [1.29, 1.82) is 0 Å². The zero-order valence-corrected chi connectivity index (χ0v) is 8.84. The highest BCUT2D eigenvalue weighted by atomic mass is 16.5. The van der Waals surface area contributed by atoms with Crippen molar-refractivity contribution < 1.29 is 4.74 Å². The Bertz CT molecular complexity index is 442. The van der Waals surface area contributed by atoms with E-state index in [4.69, 9.17) is 10.6 Å². The van der Waals surface area contributed by atoms with E-state index in [1.165, 1.54) is 0 Å². The largest absolute Gasteiger partial charge is 0.496 e. The predicted molar refractivity (Wildman–Crippen MR) is 58.5 cm³/mol. The first kappa shape index (κ1) is 10.6. The van der Waals surface area contributed by atoms with E-state index in [0.717, 1.165) is 11.3 Å². The standard InChI is InChI=1S/C10H13N5O/c1-16-9-5-3-2-4-7(9)10(13-11)8-6-12-15-14-8/h2-6,10,13H,11H2,1H3,(H,12,14,15). The number of ether oxygens (including phenoxy) is 1. The molecule has 6 nitrogen and oxygen atoms in total. The Hall–Kier alpha value is -1.92. The van der Waals surface area contributed by atoms with Gasteiger partial charge in [0.15, 0.2) is 0 Å². The van der Waals surface area contributed by atoms with Crippen molar-refractivity contribution in [3.8, 4) is 5.75 Å². The molecule has 84 valence electrons.